The smallest absolute Gasteiger partial charge is 0.113 e. The van der Waals surface area contributed by atoms with Gasteiger partial charge in [-0.3, -0.25) is 0 Å². The zero-order valence-corrected chi connectivity index (χ0v) is 13.5. The fourth-order valence-electron chi connectivity index (χ4n) is 2.96. The number of para-hydroxylation sites is 1. The summed E-state index contributed by atoms with van der Waals surface area (Å²) in [5.41, 5.74) is 4.02. The second kappa shape index (κ2) is 6.78. The van der Waals surface area contributed by atoms with Gasteiger partial charge in [0.15, 0.2) is 0 Å². The Morgan fingerprint density at radius 3 is 2.04 bits per heavy atom. The van der Waals surface area contributed by atoms with Crippen LogP contribution in [0.4, 0.5) is 0 Å². The van der Waals surface area contributed by atoms with Crippen LogP contribution in [0.2, 0.25) is 0 Å². The Morgan fingerprint density at radius 2 is 1.29 bits per heavy atom. The van der Waals surface area contributed by atoms with Crippen LogP contribution >= 0.6 is 0 Å². The molecule has 24 heavy (non-hydrogen) atoms. The van der Waals surface area contributed by atoms with Crippen molar-refractivity contribution in [2.24, 2.45) is 0 Å². The van der Waals surface area contributed by atoms with Crippen LogP contribution in [0, 0.1) is 0 Å². The minimum absolute atomic E-state index is 0.876. The van der Waals surface area contributed by atoms with Crippen LogP contribution in [0.25, 0.3) is 22.1 Å². The Bertz CT molecular complexity index is 906. The number of nitrogens with zero attached hydrogens (tertiary/aromatic N) is 6. The Hall–Kier alpha value is -2.76. The summed E-state index contributed by atoms with van der Waals surface area (Å²) in [7, 11) is 0. The predicted molar refractivity (Wildman–Crippen MR) is 93.5 cm³/mol. The van der Waals surface area contributed by atoms with Crippen molar-refractivity contribution in [1.29, 1.82) is 0 Å². The minimum Gasteiger partial charge on any atom is -0.245 e. The van der Waals surface area contributed by atoms with Crippen LogP contribution < -0.4 is 0 Å². The molecule has 122 valence electrons. The van der Waals surface area contributed by atoms with Crippen molar-refractivity contribution in [3.63, 3.8) is 0 Å². The molecule has 0 bridgehead atoms. The number of benzene rings is 2. The summed E-state index contributed by atoms with van der Waals surface area (Å²) in [5.74, 6) is 0. The summed E-state index contributed by atoms with van der Waals surface area (Å²) >= 11 is 0. The number of unbranched alkanes of at least 4 members (excludes halogenated alkanes) is 3. The fourth-order valence-corrected chi connectivity index (χ4v) is 2.96. The van der Waals surface area contributed by atoms with E-state index in [4.69, 9.17) is 0 Å². The first-order chi connectivity index (χ1) is 11.9. The number of hydrogen-bond donors (Lipinski definition) is 0. The molecule has 0 radical (unpaired) electrons. The highest BCUT2D eigenvalue weighted by molar-refractivity contribution is 5.74. The molecule has 2 heterocycles. The summed E-state index contributed by atoms with van der Waals surface area (Å²) in [4.78, 5) is 1.82. The summed E-state index contributed by atoms with van der Waals surface area (Å²) in [6, 6.07) is 16.1. The Labute approximate surface area is 140 Å². The van der Waals surface area contributed by atoms with E-state index in [1.54, 1.807) is 0 Å². The molecule has 0 N–H and O–H groups in total. The van der Waals surface area contributed by atoms with Crippen LogP contribution in [0.3, 0.4) is 0 Å². The number of hydrogen-bond acceptors (Lipinski definition) is 4. The summed E-state index contributed by atoms with van der Waals surface area (Å²) in [5, 5.41) is 17.4. The molecule has 2 aromatic carbocycles. The van der Waals surface area contributed by atoms with Crippen LogP contribution in [0.5, 0.6) is 0 Å². The molecule has 4 aromatic rings. The Kier molecular flexibility index (Phi) is 4.18. The lowest BCUT2D eigenvalue weighted by atomic mass is 10.2. The predicted octanol–water partition coefficient (Wildman–Crippen LogP) is 3.44. The number of aryl methyl sites for hydroxylation is 2. The third-order valence-electron chi connectivity index (χ3n) is 4.23. The van der Waals surface area contributed by atoms with Gasteiger partial charge in [0.1, 0.15) is 16.6 Å². The fraction of sp³-hybridized carbons (Fsp3) is 0.333. The average molecular weight is 320 g/mol. The summed E-state index contributed by atoms with van der Waals surface area (Å²) in [6.07, 6.45) is 4.56. The Balaban J connectivity index is 1.22. The SMILES string of the molecule is c1ccc2nn(CCCCCCn3nnc4ccccc43)nc2c1. The highest BCUT2D eigenvalue weighted by Gasteiger charge is 2.03. The van der Waals surface area contributed by atoms with Gasteiger partial charge in [-0.05, 0) is 37.1 Å². The van der Waals surface area contributed by atoms with E-state index < -0.39 is 0 Å². The lowest BCUT2D eigenvalue weighted by molar-refractivity contribution is 0.476. The molecule has 0 fully saturated rings. The van der Waals surface area contributed by atoms with Crippen molar-refractivity contribution in [2.75, 3.05) is 0 Å². The van der Waals surface area contributed by atoms with E-state index >= 15 is 0 Å². The molecule has 0 unspecified atom stereocenters. The first kappa shape index (κ1) is 14.8. The highest BCUT2D eigenvalue weighted by Crippen LogP contribution is 2.12. The van der Waals surface area contributed by atoms with Crippen LogP contribution in [-0.4, -0.2) is 30.0 Å². The van der Waals surface area contributed by atoms with Crippen molar-refractivity contribution in [1.82, 2.24) is 30.0 Å². The molecule has 0 aliphatic carbocycles. The van der Waals surface area contributed by atoms with E-state index in [-0.39, 0.29) is 0 Å². The maximum absolute atomic E-state index is 4.49. The van der Waals surface area contributed by atoms with Gasteiger partial charge in [-0.1, -0.05) is 42.3 Å². The molecule has 0 atom stereocenters. The van der Waals surface area contributed by atoms with Gasteiger partial charge >= 0.3 is 0 Å². The van der Waals surface area contributed by atoms with E-state index in [0.29, 0.717) is 0 Å². The number of aromatic nitrogens is 6. The van der Waals surface area contributed by atoms with Gasteiger partial charge in [0.05, 0.1) is 12.1 Å². The third kappa shape index (κ3) is 3.13. The molecule has 0 amide bonds. The zero-order chi connectivity index (χ0) is 16.2. The molecule has 0 aliphatic heterocycles. The van der Waals surface area contributed by atoms with Gasteiger partial charge in [0.25, 0.3) is 0 Å². The van der Waals surface area contributed by atoms with Gasteiger partial charge < -0.3 is 0 Å². The standard InChI is InChI=1S/C18H20N6/c1(7-13-23-18-12-6-5-11-17(18)19-22-23)2-8-14-24-20-15-9-3-4-10-16(15)21-24/h3-6,9-12H,1-2,7-8,13-14H2. The molecule has 0 spiro atoms. The summed E-state index contributed by atoms with van der Waals surface area (Å²) < 4.78 is 2.00. The minimum atomic E-state index is 0.876. The lowest BCUT2D eigenvalue weighted by Crippen LogP contribution is -2.03. The van der Waals surface area contributed by atoms with Gasteiger partial charge in [-0.15, -0.1) is 5.10 Å². The van der Waals surface area contributed by atoms with E-state index in [2.05, 4.69) is 26.6 Å². The van der Waals surface area contributed by atoms with Crippen LogP contribution in [-0.2, 0) is 13.1 Å². The first-order valence-corrected chi connectivity index (χ1v) is 8.48. The quantitative estimate of drug-likeness (QED) is 0.489. The molecule has 6 heteroatoms. The molecular formula is C18H20N6. The molecule has 0 saturated carbocycles. The van der Waals surface area contributed by atoms with Gasteiger partial charge in [-0.2, -0.15) is 15.0 Å². The normalized spacial score (nSPS) is 11.5. The van der Waals surface area contributed by atoms with Gasteiger partial charge in [-0.25, -0.2) is 4.68 Å². The Morgan fingerprint density at radius 1 is 0.667 bits per heavy atom. The third-order valence-corrected chi connectivity index (χ3v) is 4.23. The van der Waals surface area contributed by atoms with Gasteiger partial charge in [0, 0.05) is 6.54 Å². The lowest BCUT2D eigenvalue weighted by Gasteiger charge is -2.03. The maximum Gasteiger partial charge on any atom is 0.113 e. The molecule has 4 rings (SSSR count). The number of fused-ring (bicyclic) bond motifs is 2. The maximum atomic E-state index is 4.49. The van der Waals surface area contributed by atoms with E-state index in [9.17, 15) is 0 Å². The zero-order valence-electron chi connectivity index (χ0n) is 13.5. The van der Waals surface area contributed by atoms with Crippen LogP contribution in [0.1, 0.15) is 25.7 Å². The molecule has 2 aromatic heterocycles. The topological polar surface area (TPSA) is 61.4 Å². The van der Waals surface area contributed by atoms with Crippen molar-refractivity contribution in [3.8, 4) is 0 Å². The van der Waals surface area contributed by atoms with Crippen molar-refractivity contribution >= 4 is 22.1 Å². The highest BCUT2D eigenvalue weighted by atomic mass is 15.5. The molecule has 0 saturated heterocycles. The van der Waals surface area contributed by atoms with Crippen molar-refractivity contribution in [3.05, 3.63) is 48.5 Å². The summed E-state index contributed by atoms with van der Waals surface area (Å²) in [6.45, 7) is 1.80. The second-order valence-corrected chi connectivity index (χ2v) is 6.00. The van der Waals surface area contributed by atoms with Gasteiger partial charge in [0.2, 0.25) is 0 Å². The molecule has 6 nitrogen and oxygen atoms in total. The van der Waals surface area contributed by atoms with Crippen molar-refractivity contribution in [2.45, 2.75) is 38.8 Å². The molecule has 0 aliphatic rings. The van der Waals surface area contributed by atoms with E-state index in [1.165, 1.54) is 12.8 Å². The largest absolute Gasteiger partial charge is 0.245 e. The van der Waals surface area contributed by atoms with E-state index in [1.807, 2.05) is 51.9 Å². The number of rotatable bonds is 7. The first-order valence-electron chi connectivity index (χ1n) is 8.48. The van der Waals surface area contributed by atoms with Crippen molar-refractivity contribution < 1.29 is 0 Å². The van der Waals surface area contributed by atoms with Crippen LogP contribution in [0.15, 0.2) is 48.5 Å². The molecular weight excluding hydrogens is 300 g/mol. The van der Waals surface area contributed by atoms with E-state index in [0.717, 1.165) is 48.0 Å². The second-order valence-electron chi connectivity index (χ2n) is 6.00. The average Bonchev–Trinajstić information content (AvgIpc) is 3.21. The monoisotopic (exact) mass is 320 g/mol.